The van der Waals surface area contributed by atoms with Crippen LogP contribution in [0.5, 0.6) is 0 Å². The number of nitrogen functional groups attached to an aromatic ring is 1. The van der Waals surface area contributed by atoms with Gasteiger partial charge in [-0.25, -0.2) is 4.98 Å². The highest BCUT2D eigenvalue weighted by molar-refractivity contribution is 7.13. The first-order chi connectivity index (χ1) is 9.31. The minimum atomic E-state index is 0.671. The quantitative estimate of drug-likeness (QED) is 0.795. The second-order valence-corrected chi connectivity index (χ2v) is 5.09. The van der Waals surface area contributed by atoms with Crippen LogP contribution in [0.15, 0.2) is 41.9 Å². The lowest BCUT2D eigenvalue weighted by molar-refractivity contribution is 0.861. The van der Waals surface area contributed by atoms with Crippen LogP contribution in [0.1, 0.15) is 12.5 Å². The molecule has 96 valence electrons. The third-order valence-electron chi connectivity index (χ3n) is 3.00. The summed E-state index contributed by atoms with van der Waals surface area (Å²) in [7, 11) is 0. The van der Waals surface area contributed by atoms with Crippen molar-refractivity contribution in [1.82, 2.24) is 14.8 Å². The zero-order chi connectivity index (χ0) is 13.2. The standard InChI is InChI=1S/C14H14N4S/c1-2-10-13(11-6-5-9-19-11)17-18(14(10)15)12-7-3-4-8-16-12/h3-9H,2,15H2,1H3. The van der Waals surface area contributed by atoms with Gasteiger partial charge in [0.05, 0.1) is 4.88 Å². The third kappa shape index (κ3) is 2.02. The average Bonchev–Trinajstić information content (AvgIpc) is 3.07. The van der Waals surface area contributed by atoms with E-state index in [1.807, 2.05) is 29.6 Å². The van der Waals surface area contributed by atoms with E-state index in [1.54, 1.807) is 22.2 Å². The van der Waals surface area contributed by atoms with E-state index in [2.05, 4.69) is 23.1 Å². The molecule has 0 aromatic carbocycles. The summed E-state index contributed by atoms with van der Waals surface area (Å²) in [4.78, 5) is 5.44. The maximum absolute atomic E-state index is 6.22. The molecule has 0 amide bonds. The first-order valence-corrected chi connectivity index (χ1v) is 7.02. The predicted molar refractivity (Wildman–Crippen MR) is 78.5 cm³/mol. The number of anilines is 1. The lowest BCUT2D eigenvalue weighted by Crippen LogP contribution is -2.04. The molecule has 0 saturated carbocycles. The number of nitrogens with zero attached hydrogens (tertiary/aromatic N) is 3. The van der Waals surface area contributed by atoms with Crippen molar-refractivity contribution >= 4 is 17.2 Å². The van der Waals surface area contributed by atoms with E-state index in [0.717, 1.165) is 28.4 Å². The molecule has 4 nitrogen and oxygen atoms in total. The summed E-state index contributed by atoms with van der Waals surface area (Å²) >= 11 is 1.67. The number of hydrogen-bond acceptors (Lipinski definition) is 4. The second kappa shape index (κ2) is 4.85. The molecule has 3 heterocycles. The Bertz CT molecular complexity index is 671. The van der Waals surface area contributed by atoms with Crippen LogP contribution in [0.4, 0.5) is 5.82 Å². The molecule has 19 heavy (non-hydrogen) atoms. The van der Waals surface area contributed by atoms with E-state index in [4.69, 9.17) is 5.73 Å². The summed E-state index contributed by atoms with van der Waals surface area (Å²) in [5.74, 6) is 1.42. The molecule has 0 radical (unpaired) electrons. The minimum Gasteiger partial charge on any atom is -0.383 e. The molecule has 0 unspecified atom stereocenters. The Kier molecular flexibility index (Phi) is 3.05. The lowest BCUT2D eigenvalue weighted by atomic mass is 10.1. The molecule has 0 bridgehead atoms. The minimum absolute atomic E-state index is 0.671. The van der Waals surface area contributed by atoms with Crippen molar-refractivity contribution in [3.05, 3.63) is 47.5 Å². The first kappa shape index (κ1) is 11.9. The molecule has 3 rings (SSSR count). The molecule has 0 spiro atoms. The largest absolute Gasteiger partial charge is 0.383 e. The Morgan fingerprint density at radius 1 is 1.26 bits per heavy atom. The average molecular weight is 270 g/mol. The maximum atomic E-state index is 6.22. The molecule has 0 aliphatic carbocycles. The van der Waals surface area contributed by atoms with Crippen LogP contribution in [0, 0.1) is 0 Å². The molecule has 0 aliphatic rings. The topological polar surface area (TPSA) is 56.7 Å². The predicted octanol–water partition coefficient (Wildman–Crippen LogP) is 3.14. The molecular formula is C14H14N4S. The highest BCUT2D eigenvalue weighted by atomic mass is 32.1. The Morgan fingerprint density at radius 3 is 2.79 bits per heavy atom. The zero-order valence-corrected chi connectivity index (χ0v) is 11.4. The summed E-state index contributed by atoms with van der Waals surface area (Å²) in [6.07, 6.45) is 2.60. The molecule has 3 aromatic rings. The molecule has 5 heteroatoms. The molecule has 0 atom stereocenters. The van der Waals surface area contributed by atoms with Gasteiger partial charge in [0.25, 0.3) is 0 Å². The van der Waals surface area contributed by atoms with E-state index in [0.29, 0.717) is 5.82 Å². The monoisotopic (exact) mass is 270 g/mol. The zero-order valence-electron chi connectivity index (χ0n) is 10.6. The second-order valence-electron chi connectivity index (χ2n) is 4.14. The summed E-state index contributed by atoms with van der Waals surface area (Å²) in [5, 5.41) is 6.68. The van der Waals surface area contributed by atoms with E-state index < -0.39 is 0 Å². The normalized spacial score (nSPS) is 10.8. The van der Waals surface area contributed by atoms with Crippen LogP contribution in [0.25, 0.3) is 16.4 Å². The summed E-state index contributed by atoms with van der Waals surface area (Å²) < 4.78 is 1.72. The van der Waals surface area contributed by atoms with Gasteiger partial charge in [-0.05, 0) is 30.0 Å². The lowest BCUT2D eigenvalue weighted by Gasteiger charge is -2.02. The summed E-state index contributed by atoms with van der Waals surface area (Å²) in [6, 6.07) is 9.80. The Hall–Kier alpha value is -2.14. The van der Waals surface area contributed by atoms with Crippen LogP contribution in [-0.2, 0) is 6.42 Å². The van der Waals surface area contributed by atoms with E-state index in [9.17, 15) is 0 Å². The summed E-state index contributed by atoms with van der Waals surface area (Å²) in [6.45, 7) is 2.09. The van der Waals surface area contributed by atoms with Gasteiger partial charge in [0.2, 0.25) is 0 Å². The van der Waals surface area contributed by atoms with Crippen molar-refractivity contribution in [2.75, 3.05) is 5.73 Å². The highest BCUT2D eigenvalue weighted by Crippen LogP contribution is 2.31. The van der Waals surface area contributed by atoms with Gasteiger partial charge in [0.15, 0.2) is 5.82 Å². The van der Waals surface area contributed by atoms with Gasteiger partial charge in [-0.2, -0.15) is 9.78 Å². The van der Waals surface area contributed by atoms with Gasteiger partial charge < -0.3 is 5.73 Å². The fraction of sp³-hybridized carbons (Fsp3) is 0.143. The smallest absolute Gasteiger partial charge is 0.155 e. The Labute approximate surface area is 115 Å². The molecule has 3 aromatic heterocycles. The van der Waals surface area contributed by atoms with Gasteiger partial charge in [-0.1, -0.05) is 19.1 Å². The number of thiophene rings is 1. The van der Waals surface area contributed by atoms with E-state index in [1.165, 1.54) is 0 Å². The third-order valence-corrected chi connectivity index (χ3v) is 3.87. The van der Waals surface area contributed by atoms with Gasteiger partial charge in [0, 0.05) is 11.8 Å². The molecule has 0 fully saturated rings. The Morgan fingerprint density at radius 2 is 2.16 bits per heavy atom. The van der Waals surface area contributed by atoms with Crippen molar-refractivity contribution in [3.63, 3.8) is 0 Å². The molecule has 0 saturated heterocycles. The van der Waals surface area contributed by atoms with Gasteiger partial charge in [-0.15, -0.1) is 11.3 Å². The molecule has 0 aliphatic heterocycles. The number of rotatable bonds is 3. The maximum Gasteiger partial charge on any atom is 0.155 e. The number of aromatic nitrogens is 3. The summed E-state index contributed by atoms with van der Waals surface area (Å²) in [5.41, 5.74) is 8.25. The SMILES string of the molecule is CCc1c(-c2cccs2)nn(-c2ccccn2)c1N. The van der Waals surface area contributed by atoms with Crippen molar-refractivity contribution in [3.8, 4) is 16.4 Å². The fourth-order valence-corrected chi connectivity index (χ4v) is 2.81. The van der Waals surface area contributed by atoms with Crippen molar-refractivity contribution in [2.45, 2.75) is 13.3 Å². The van der Waals surface area contributed by atoms with Crippen LogP contribution >= 0.6 is 11.3 Å². The first-order valence-electron chi connectivity index (χ1n) is 6.14. The Balaban J connectivity index is 2.18. The highest BCUT2D eigenvalue weighted by Gasteiger charge is 2.17. The van der Waals surface area contributed by atoms with Crippen molar-refractivity contribution in [1.29, 1.82) is 0 Å². The van der Waals surface area contributed by atoms with Crippen molar-refractivity contribution in [2.24, 2.45) is 0 Å². The van der Waals surface area contributed by atoms with Crippen LogP contribution in [0.3, 0.4) is 0 Å². The van der Waals surface area contributed by atoms with Crippen molar-refractivity contribution < 1.29 is 0 Å². The van der Waals surface area contributed by atoms with Crippen LogP contribution < -0.4 is 5.73 Å². The number of hydrogen-bond donors (Lipinski definition) is 1. The van der Waals surface area contributed by atoms with Crippen LogP contribution in [0.2, 0.25) is 0 Å². The fourth-order valence-electron chi connectivity index (χ4n) is 2.08. The van der Waals surface area contributed by atoms with Crippen LogP contribution in [-0.4, -0.2) is 14.8 Å². The van der Waals surface area contributed by atoms with Gasteiger partial charge in [0.1, 0.15) is 11.5 Å². The van der Waals surface area contributed by atoms with E-state index >= 15 is 0 Å². The van der Waals surface area contributed by atoms with Gasteiger partial charge >= 0.3 is 0 Å². The molecular weight excluding hydrogens is 256 g/mol. The van der Waals surface area contributed by atoms with Gasteiger partial charge in [-0.3, -0.25) is 0 Å². The van der Waals surface area contributed by atoms with E-state index in [-0.39, 0.29) is 0 Å². The molecule has 2 N–H and O–H groups in total. The number of pyridine rings is 1. The number of nitrogens with two attached hydrogens (primary N) is 1.